The number of urea groups is 1. The van der Waals surface area contributed by atoms with Gasteiger partial charge in [-0.05, 0) is 25.0 Å². The topological polar surface area (TPSA) is 79.6 Å². The van der Waals surface area contributed by atoms with E-state index in [9.17, 15) is 9.59 Å². The van der Waals surface area contributed by atoms with E-state index in [1.807, 2.05) is 81.6 Å². The average Bonchev–Trinajstić information content (AvgIpc) is 3.14. The van der Waals surface area contributed by atoms with Crippen molar-refractivity contribution in [1.82, 2.24) is 20.1 Å². The fourth-order valence-electron chi connectivity index (χ4n) is 3.65. The summed E-state index contributed by atoms with van der Waals surface area (Å²) in [5.41, 5.74) is 2.49. The van der Waals surface area contributed by atoms with E-state index in [0.29, 0.717) is 11.1 Å². The average molecular weight is 387 g/mol. The van der Waals surface area contributed by atoms with Crippen LogP contribution in [0.15, 0.2) is 65.8 Å². The smallest absolute Gasteiger partial charge is 0.314 e. The SMILES string of the molecule is Cc1nn(C)c(C)c1C=NN1C(=O)NC(c2ccccc2)(c2ccccc2)C1=O. The van der Waals surface area contributed by atoms with Gasteiger partial charge in [-0.2, -0.15) is 10.2 Å². The predicted molar refractivity (Wildman–Crippen MR) is 109 cm³/mol. The van der Waals surface area contributed by atoms with E-state index in [0.717, 1.165) is 22.0 Å². The zero-order chi connectivity index (χ0) is 20.6. The van der Waals surface area contributed by atoms with Gasteiger partial charge in [0, 0.05) is 18.3 Å². The summed E-state index contributed by atoms with van der Waals surface area (Å²) in [5.74, 6) is -0.449. The molecule has 1 N–H and O–H groups in total. The molecule has 1 saturated heterocycles. The number of benzene rings is 2. The second kappa shape index (κ2) is 7.01. The van der Waals surface area contributed by atoms with Gasteiger partial charge < -0.3 is 5.32 Å². The maximum Gasteiger partial charge on any atom is 0.346 e. The molecule has 29 heavy (non-hydrogen) atoms. The molecule has 0 bridgehead atoms. The van der Waals surface area contributed by atoms with E-state index < -0.39 is 17.5 Å². The van der Waals surface area contributed by atoms with E-state index in [1.165, 1.54) is 6.21 Å². The third kappa shape index (κ3) is 2.91. The minimum Gasteiger partial charge on any atom is -0.314 e. The van der Waals surface area contributed by atoms with Crippen LogP contribution in [0.25, 0.3) is 0 Å². The Morgan fingerprint density at radius 3 is 2.00 bits per heavy atom. The Morgan fingerprint density at radius 1 is 0.966 bits per heavy atom. The first-order chi connectivity index (χ1) is 13.9. The lowest BCUT2D eigenvalue weighted by molar-refractivity contribution is -0.130. The zero-order valence-electron chi connectivity index (χ0n) is 16.5. The summed E-state index contributed by atoms with van der Waals surface area (Å²) < 4.78 is 1.74. The molecule has 3 aromatic rings. The summed E-state index contributed by atoms with van der Waals surface area (Å²) in [7, 11) is 1.84. The highest BCUT2D eigenvalue weighted by Gasteiger charge is 2.54. The van der Waals surface area contributed by atoms with Crippen molar-refractivity contribution in [3.05, 3.63) is 88.7 Å². The number of carbonyl (C=O) groups excluding carboxylic acids is 2. The van der Waals surface area contributed by atoms with Crippen LogP contribution in [0.2, 0.25) is 0 Å². The number of hydrazone groups is 1. The molecule has 0 atom stereocenters. The number of nitrogens with zero attached hydrogens (tertiary/aromatic N) is 4. The molecule has 1 aromatic heterocycles. The highest BCUT2D eigenvalue weighted by Crippen LogP contribution is 2.36. The van der Waals surface area contributed by atoms with Crippen LogP contribution in [0.1, 0.15) is 28.1 Å². The van der Waals surface area contributed by atoms with Crippen molar-refractivity contribution in [2.45, 2.75) is 19.4 Å². The fourth-order valence-corrected chi connectivity index (χ4v) is 3.65. The first kappa shape index (κ1) is 18.6. The summed E-state index contributed by atoms with van der Waals surface area (Å²) in [4.78, 5) is 26.3. The van der Waals surface area contributed by atoms with Crippen LogP contribution in [0.3, 0.4) is 0 Å². The summed E-state index contributed by atoms with van der Waals surface area (Å²) in [5, 5.41) is 12.3. The fraction of sp³-hybridized carbons (Fsp3) is 0.182. The quantitative estimate of drug-likeness (QED) is 0.552. The van der Waals surface area contributed by atoms with Gasteiger partial charge in [0.2, 0.25) is 0 Å². The van der Waals surface area contributed by atoms with Gasteiger partial charge in [0.05, 0.1) is 11.9 Å². The highest BCUT2D eigenvalue weighted by atomic mass is 16.2. The monoisotopic (exact) mass is 387 g/mol. The second-order valence-electron chi connectivity index (χ2n) is 6.98. The number of hydrogen-bond acceptors (Lipinski definition) is 4. The Balaban J connectivity index is 1.79. The molecule has 0 radical (unpaired) electrons. The Hall–Kier alpha value is -3.74. The van der Waals surface area contributed by atoms with Crippen LogP contribution in [-0.4, -0.2) is 32.9 Å². The minimum absolute atomic E-state index is 0.449. The summed E-state index contributed by atoms with van der Waals surface area (Å²) in [6.45, 7) is 3.77. The molecule has 0 saturated carbocycles. The van der Waals surface area contributed by atoms with Gasteiger partial charge in [-0.25, -0.2) is 4.79 Å². The van der Waals surface area contributed by atoms with Crippen molar-refractivity contribution in [2.24, 2.45) is 12.1 Å². The van der Waals surface area contributed by atoms with Gasteiger partial charge in [-0.3, -0.25) is 9.48 Å². The Kier molecular flexibility index (Phi) is 4.50. The van der Waals surface area contributed by atoms with Crippen molar-refractivity contribution in [2.75, 3.05) is 0 Å². The van der Waals surface area contributed by atoms with Crippen LogP contribution < -0.4 is 5.32 Å². The molecular formula is C22H21N5O2. The number of hydrogen-bond donors (Lipinski definition) is 1. The van der Waals surface area contributed by atoms with E-state index in [4.69, 9.17) is 0 Å². The van der Waals surface area contributed by atoms with Gasteiger partial charge >= 0.3 is 6.03 Å². The lowest BCUT2D eigenvalue weighted by atomic mass is 9.83. The third-order valence-corrected chi connectivity index (χ3v) is 5.28. The Bertz CT molecular complexity index is 1060. The molecule has 2 aromatic carbocycles. The van der Waals surface area contributed by atoms with Crippen LogP contribution >= 0.6 is 0 Å². The highest BCUT2D eigenvalue weighted by molar-refractivity contribution is 6.10. The maximum atomic E-state index is 13.5. The van der Waals surface area contributed by atoms with E-state index in [1.54, 1.807) is 4.68 Å². The Morgan fingerprint density at radius 2 is 1.52 bits per heavy atom. The first-order valence-corrected chi connectivity index (χ1v) is 9.27. The van der Waals surface area contributed by atoms with Gasteiger partial charge in [-0.15, -0.1) is 5.01 Å². The minimum atomic E-state index is -1.32. The van der Waals surface area contributed by atoms with Crippen molar-refractivity contribution < 1.29 is 9.59 Å². The molecule has 2 heterocycles. The molecule has 1 aliphatic rings. The van der Waals surface area contributed by atoms with Crippen molar-refractivity contribution >= 4 is 18.2 Å². The first-order valence-electron chi connectivity index (χ1n) is 9.27. The molecule has 1 aliphatic heterocycles. The molecule has 0 aliphatic carbocycles. The standard InChI is InChI=1S/C22H21N5O2/c1-15-19(16(2)26(3)25-15)14-23-27-20(28)22(24-21(27)29,17-10-6-4-7-11-17)18-12-8-5-9-13-18/h4-14H,1-3H3,(H,24,29). The molecule has 1 fully saturated rings. The van der Waals surface area contributed by atoms with Gasteiger partial charge in [0.25, 0.3) is 5.91 Å². The van der Waals surface area contributed by atoms with E-state index in [-0.39, 0.29) is 0 Å². The number of rotatable bonds is 4. The predicted octanol–water partition coefficient (Wildman–Crippen LogP) is 2.87. The molecule has 7 heteroatoms. The van der Waals surface area contributed by atoms with Crippen LogP contribution in [0, 0.1) is 13.8 Å². The summed E-state index contributed by atoms with van der Waals surface area (Å²) in [6.07, 6.45) is 1.52. The number of aromatic nitrogens is 2. The van der Waals surface area contributed by atoms with Gasteiger partial charge in [0.1, 0.15) is 0 Å². The number of amides is 3. The largest absolute Gasteiger partial charge is 0.346 e. The molecule has 146 valence electrons. The Labute approximate surface area is 168 Å². The summed E-state index contributed by atoms with van der Waals surface area (Å²) >= 11 is 0. The van der Waals surface area contributed by atoms with Crippen molar-refractivity contribution in [1.29, 1.82) is 0 Å². The second-order valence-corrected chi connectivity index (χ2v) is 6.98. The molecular weight excluding hydrogens is 366 g/mol. The lowest BCUT2D eigenvalue weighted by Crippen LogP contribution is -2.44. The normalized spacial score (nSPS) is 15.9. The number of nitrogens with one attached hydrogen (secondary N) is 1. The van der Waals surface area contributed by atoms with Gasteiger partial charge in [-0.1, -0.05) is 60.7 Å². The van der Waals surface area contributed by atoms with Crippen LogP contribution in [0.4, 0.5) is 4.79 Å². The lowest BCUT2D eigenvalue weighted by Gasteiger charge is -2.27. The van der Waals surface area contributed by atoms with Crippen LogP contribution in [-0.2, 0) is 17.4 Å². The number of carbonyl (C=O) groups is 2. The van der Waals surface area contributed by atoms with Crippen LogP contribution in [0.5, 0.6) is 0 Å². The maximum absolute atomic E-state index is 13.5. The third-order valence-electron chi connectivity index (χ3n) is 5.28. The zero-order valence-corrected chi connectivity index (χ0v) is 16.5. The van der Waals surface area contributed by atoms with E-state index >= 15 is 0 Å². The molecule has 0 spiro atoms. The van der Waals surface area contributed by atoms with Gasteiger partial charge in [0.15, 0.2) is 5.54 Å². The number of imide groups is 1. The molecule has 3 amide bonds. The van der Waals surface area contributed by atoms with Crippen molar-refractivity contribution in [3.63, 3.8) is 0 Å². The number of aryl methyl sites for hydroxylation is 2. The molecule has 4 rings (SSSR count). The molecule has 0 unspecified atom stereocenters. The summed E-state index contributed by atoms with van der Waals surface area (Å²) in [6, 6.07) is 17.8. The van der Waals surface area contributed by atoms with E-state index in [2.05, 4.69) is 15.5 Å². The van der Waals surface area contributed by atoms with Crippen molar-refractivity contribution in [3.8, 4) is 0 Å². The molecule has 7 nitrogen and oxygen atoms in total.